The number of esters is 1. The third kappa shape index (κ3) is 3.94. The number of likely N-dealkylation sites (tertiary alicyclic amines) is 1. The van der Waals surface area contributed by atoms with Gasteiger partial charge in [0, 0.05) is 12.0 Å². The zero-order valence-corrected chi connectivity index (χ0v) is 12.0. The third-order valence-electron chi connectivity index (χ3n) is 3.09. The molecule has 19 heavy (non-hydrogen) atoms. The van der Waals surface area contributed by atoms with Gasteiger partial charge in [0.05, 0.1) is 7.11 Å². The number of methoxy groups -OCH3 is 1. The first kappa shape index (κ1) is 15.5. The van der Waals surface area contributed by atoms with Crippen LogP contribution in [0.3, 0.4) is 0 Å². The SMILES string of the molecule is COC(=O)CNC(=O)[C@@H]1CCCN1C(=O)C(C)(C)C. The summed E-state index contributed by atoms with van der Waals surface area (Å²) in [4.78, 5) is 36.8. The molecule has 1 atom stereocenters. The predicted molar refractivity (Wildman–Crippen MR) is 69.2 cm³/mol. The fourth-order valence-corrected chi connectivity index (χ4v) is 2.06. The van der Waals surface area contributed by atoms with E-state index in [-0.39, 0.29) is 18.4 Å². The lowest BCUT2D eigenvalue weighted by atomic mass is 9.94. The van der Waals surface area contributed by atoms with Crippen LogP contribution in [0.2, 0.25) is 0 Å². The van der Waals surface area contributed by atoms with Crippen LogP contribution in [-0.4, -0.2) is 48.9 Å². The summed E-state index contributed by atoms with van der Waals surface area (Å²) in [6.45, 7) is 5.92. The molecule has 0 aromatic heterocycles. The second-order valence-corrected chi connectivity index (χ2v) is 5.70. The highest BCUT2D eigenvalue weighted by atomic mass is 16.5. The molecule has 1 saturated heterocycles. The first-order chi connectivity index (χ1) is 8.77. The Balaban J connectivity index is 2.63. The normalized spacial score (nSPS) is 19.2. The number of hydrogen-bond donors (Lipinski definition) is 1. The molecule has 1 aliphatic rings. The van der Waals surface area contributed by atoms with E-state index in [1.165, 1.54) is 7.11 Å². The molecule has 0 radical (unpaired) electrons. The van der Waals surface area contributed by atoms with Gasteiger partial charge in [-0.05, 0) is 12.8 Å². The van der Waals surface area contributed by atoms with Crippen LogP contribution in [0.15, 0.2) is 0 Å². The molecular weight excluding hydrogens is 248 g/mol. The number of carbonyl (C=O) groups is 3. The van der Waals surface area contributed by atoms with E-state index in [1.807, 2.05) is 20.8 Å². The van der Waals surface area contributed by atoms with Gasteiger partial charge in [-0.3, -0.25) is 14.4 Å². The summed E-state index contributed by atoms with van der Waals surface area (Å²) in [6, 6.07) is -0.476. The number of amides is 2. The molecule has 0 aromatic carbocycles. The number of nitrogens with zero attached hydrogens (tertiary/aromatic N) is 1. The maximum atomic E-state index is 12.2. The monoisotopic (exact) mass is 270 g/mol. The van der Waals surface area contributed by atoms with Crippen molar-refractivity contribution in [1.82, 2.24) is 10.2 Å². The topological polar surface area (TPSA) is 75.7 Å². The number of hydrogen-bond acceptors (Lipinski definition) is 4. The predicted octanol–water partition coefficient (Wildman–Crippen LogP) is 0.313. The van der Waals surface area contributed by atoms with E-state index in [4.69, 9.17) is 0 Å². The molecule has 0 spiro atoms. The van der Waals surface area contributed by atoms with Crippen molar-refractivity contribution in [3.8, 4) is 0 Å². The molecule has 1 fully saturated rings. The molecule has 1 N–H and O–H groups in total. The fraction of sp³-hybridized carbons (Fsp3) is 0.769. The number of nitrogens with one attached hydrogen (secondary N) is 1. The summed E-state index contributed by atoms with van der Waals surface area (Å²) >= 11 is 0. The molecule has 108 valence electrons. The summed E-state index contributed by atoms with van der Waals surface area (Å²) in [5.74, 6) is -0.830. The van der Waals surface area contributed by atoms with E-state index in [0.29, 0.717) is 13.0 Å². The minimum absolute atomic E-state index is 0.0387. The van der Waals surface area contributed by atoms with Crippen molar-refractivity contribution in [2.75, 3.05) is 20.2 Å². The van der Waals surface area contributed by atoms with E-state index < -0.39 is 17.4 Å². The third-order valence-corrected chi connectivity index (χ3v) is 3.09. The Morgan fingerprint density at radius 1 is 1.32 bits per heavy atom. The van der Waals surface area contributed by atoms with Crippen LogP contribution in [0.4, 0.5) is 0 Å². The van der Waals surface area contributed by atoms with Crippen LogP contribution in [0.25, 0.3) is 0 Å². The largest absolute Gasteiger partial charge is 0.468 e. The Morgan fingerprint density at radius 3 is 2.47 bits per heavy atom. The molecule has 0 aromatic rings. The smallest absolute Gasteiger partial charge is 0.325 e. The van der Waals surface area contributed by atoms with Gasteiger partial charge in [-0.25, -0.2) is 0 Å². The van der Waals surface area contributed by atoms with Gasteiger partial charge in [0.2, 0.25) is 11.8 Å². The highest BCUT2D eigenvalue weighted by Gasteiger charge is 2.38. The molecule has 1 rings (SSSR count). The number of ether oxygens (including phenoxy) is 1. The van der Waals surface area contributed by atoms with Crippen LogP contribution in [-0.2, 0) is 19.1 Å². The maximum absolute atomic E-state index is 12.2. The van der Waals surface area contributed by atoms with Gasteiger partial charge in [0.15, 0.2) is 0 Å². The highest BCUT2D eigenvalue weighted by molar-refractivity contribution is 5.91. The van der Waals surface area contributed by atoms with Gasteiger partial charge in [-0.1, -0.05) is 20.8 Å². The maximum Gasteiger partial charge on any atom is 0.325 e. The first-order valence-corrected chi connectivity index (χ1v) is 6.43. The molecule has 2 amide bonds. The van der Waals surface area contributed by atoms with Gasteiger partial charge >= 0.3 is 5.97 Å². The lowest BCUT2D eigenvalue weighted by Gasteiger charge is -2.30. The van der Waals surface area contributed by atoms with E-state index in [1.54, 1.807) is 4.90 Å². The first-order valence-electron chi connectivity index (χ1n) is 6.43. The zero-order valence-electron chi connectivity index (χ0n) is 12.0. The van der Waals surface area contributed by atoms with Crippen molar-refractivity contribution in [3.05, 3.63) is 0 Å². The molecule has 0 unspecified atom stereocenters. The average molecular weight is 270 g/mol. The molecule has 1 aliphatic heterocycles. The molecular formula is C13H22N2O4. The van der Waals surface area contributed by atoms with Crippen LogP contribution >= 0.6 is 0 Å². The molecule has 0 bridgehead atoms. The minimum Gasteiger partial charge on any atom is -0.468 e. The lowest BCUT2D eigenvalue weighted by Crippen LogP contribution is -2.50. The minimum atomic E-state index is -0.509. The van der Waals surface area contributed by atoms with Crippen molar-refractivity contribution in [3.63, 3.8) is 0 Å². The molecule has 0 saturated carbocycles. The highest BCUT2D eigenvalue weighted by Crippen LogP contribution is 2.25. The second kappa shape index (κ2) is 6.04. The standard InChI is InChI=1S/C13H22N2O4/c1-13(2,3)12(18)15-7-5-6-9(15)11(17)14-8-10(16)19-4/h9H,5-8H2,1-4H3,(H,14,17)/t9-/m0/s1. The van der Waals surface area contributed by atoms with Crippen LogP contribution < -0.4 is 5.32 Å². The zero-order chi connectivity index (χ0) is 14.6. The molecule has 0 aliphatic carbocycles. The van der Waals surface area contributed by atoms with Crippen molar-refractivity contribution >= 4 is 17.8 Å². The van der Waals surface area contributed by atoms with Crippen molar-refractivity contribution in [2.45, 2.75) is 39.7 Å². The van der Waals surface area contributed by atoms with Crippen LogP contribution in [0, 0.1) is 5.41 Å². The van der Waals surface area contributed by atoms with Crippen molar-refractivity contribution in [1.29, 1.82) is 0 Å². The number of carbonyl (C=O) groups excluding carboxylic acids is 3. The summed E-state index contributed by atoms with van der Waals surface area (Å²) < 4.78 is 4.46. The van der Waals surface area contributed by atoms with Gasteiger partial charge in [-0.15, -0.1) is 0 Å². The van der Waals surface area contributed by atoms with Crippen LogP contribution in [0.5, 0.6) is 0 Å². The molecule has 1 heterocycles. The van der Waals surface area contributed by atoms with E-state index in [0.717, 1.165) is 6.42 Å². The van der Waals surface area contributed by atoms with Crippen molar-refractivity contribution in [2.24, 2.45) is 5.41 Å². The average Bonchev–Trinajstić information content (AvgIpc) is 2.82. The molecule has 6 heteroatoms. The Bertz CT molecular complexity index is 373. The fourth-order valence-electron chi connectivity index (χ4n) is 2.06. The number of rotatable bonds is 3. The second-order valence-electron chi connectivity index (χ2n) is 5.70. The molecule has 6 nitrogen and oxygen atoms in total. The Hall–Kier alpha value is -1.59. The van der Waals surface area contributed by atoms with Gasteiger partial charge in [-0.2, -0.15) is 0 Å². The Kier molecular flexibility index (Phi) is 4.91. The summed E-state index contributed by atoms with van der Waals surface area (Å²) in [7, 11) is 1.26. The summed E-state index contributed by atoms with van der Waals surface area (Å²) in [5.41, 5.74) is -0.509. The van der Waals surface area contributed by atoms with E-state index in [2.05, 4.69) is 10.1 Å². The lowest BCUT2D eigenvalue weighted by molar-refractivity contribution is -0.145. The van der Waals surface area contributed by atoms with E-state index >= 15 is 0 Å². The Labute approximate surface area is 113 Å². The van der Waals surface area contributed by atoms with Crippen LogP contribution in [0.1, 0.15) is 33.6 Å². The van der Waals surface area contributed by atoms with Gasteiger partial charge in [0.1, 0.15) is 12.6 Å². The summed E-state index contributed by atoms with van der Waals surface area (Å²) in [5, 5.41) is 2.50. The summed E-state index contributed by atoms with van der Waals surface area (Å²) in [6.07, 6.45) is 1.44. The van der Waals surface area contributed by atoms with E-state index in [9.17, 15) is 14.4 Å². The quantitative estimate of drug-likeness (QED) is 0.749. The van der Waals surface area contributed by atoms with Gasteiger partial charge in [0.25, 0.3) is 0 Å². The Morgan fingerprint density at radius 2 is 1.95 bits per heavy atom. The van der Waals surface area contributed by atoms with Crippen molar-refractivity contribution < 1.29 is 19.1 Å². The van der Waals surface area contributed by atoms with Gasteiger partial charge < -0.3 is 15.0 Å².